The Labute approximate surface area is 322 Å². The van der Waals surface area contributed by atoms with Crippen molar-refractivity contribution in [1.82, 2.24) is 0 Å². The average Bonchev–Trinajstić information content (AvgIpc) is 3.76. The van der Waals surface area contributed by atoms with Crippen molar-refractivity contribution >= 4 is 45.8 Å². The monoisotopic (exact) mass is 702 g/mol. The highest BCUT2D eigenvalue weighted by Crippen LogP contribution is 2.67. The Morgan fingerprint density at radius 2 is 0.889 bits per heavy atom. The van der Waals surface area contributed by atoms with Gasteiger partial charge in [0.1, 0.15) is 0 Å². The summed E-state index contributed by atoms with van der Waals surface area (Å²) >= 11 is 0. The van der Waals surface area contributed by atoms with Gasteiger partial charge in [-0.2, -0.15) is 0 Å². The highest BCUT2D eigenvalue weighted by molar-refractivity contribution is 5.91. The summed E-state index contributed by atoms with van der Waals surface area (Å²) in [7, 11) is 0. The number of fused-ring (bicyclic) bond motifs is 5. The van der Waals surface area contributed by atoms with Crippen molar-refractivity contribution < 1.29 is 0 Å². The molecule has 1 atom stereocenters. The first kappa shape index (κ1) is 34.2. The molecule has 0 heterocycles. The molecule has 0 saturated heterocycles. The molecular formula is C52H50N2. The number of anilines is 6. The lowest BCUT2D eigenvalue weighted by atomic mass is 9.55. The second kappa shape index (κ2) is 12.5. The molecule has 0 fully saturated rings. The van der Waals surface area contributed by atoms with Crippen LogP contribution < -0.4 is 9.80 Å². The number of hydrogen-bond donors (Lipinski definition) is 0. The van der Waals surface area contributed by atoms with Crippen molar-refractivity contribution in [3.63, 3.8) is 0 Å². The molecule has 0 saturated carbocycles. The number of allylic oxidation sites excluding steroid dienone is 3. The summed E-state index contributed by atoms with van der Waals surface area (Å²) in [4.78, 5) is 4.84. The van der Waals surface area contributed by atoms with E-state index in [1.165, 1.54) is 89.8 Å². The molecule has 268 valence electrons. The van der Waals surface area contributed by atoms with Crippen LogP contribution in [0.3, 0.4) is 0 Å². The van der Waals surface area contributed by atoms with Crippen LogP contribution in [-0.4, -0.2) is 0 Å². The van der Waals surface area contributed by atoms with Gasteiger partial charge in [0, 0.05) is 45.5 Å². The third-order valence-electron chi connectivity index (χ3n) is 12.6. The van der Waals surface area contributed by atoms with Gasteiger partial charge < -0.3 is 9.80 Å². The van der Waals surface area contributed by atoms with E-state index in [1.54, 1.807) is 5.57 Å². The van der Waals surface area contributed by atoms with Gasteiger partial charge >= 0.3 is 0 Å². The molecule has 0 aromatic heterocycles. The van der Waals surface area contributed by atoms with Gasteiger partial charge in [0.05, 0.1) is 0 Å². The molecule has 0 radical (unpaired) electrons. The van der Waals surface area contributed by atoms with Crippen molar-refractivity contribution in [3.05, 3.63) is 189 Å². The van der Waals surface area contributed by atoms with E-state index >= 15 is 0 Å². The van der Waals surface area contributed by atoms with Gasteiger partial charge in [-0.1, -0.05) is 128 Å². The quantitative estimate of drug-likeness (QED) is 0.170. The molecule has 1 unspecified atom stereocenters. The van der Waals surface area contributed by atoms with Gasteiger partial charge in [0.2, 0.25) is 0 Å². The second-order valence-corrected chi connectivity index (χ2v) is 17.1. The maximum atomic E-state index is 2.53. The summed E-state index contributed by atoms with van der Waals surface area (Å²) in [6.45, 7) is 18.6. The summed E-state index contributed by atoms with van der Waals surface area (Å²) in [6.07, 6.45) is 3.53. The first-order valence-corrected chi connectivity index (χ1v) is 19.5. The fourth-order valence-electron chi connectivity index (χ4n) is 9.60. The standard InChI is InChI=1S/C52H50N2/c1-33-9-19-39(20-10-33)53(40-21-11-34(2)12-22-40)43-27-17-37-29-47-49(45(37)31-43)51(5,6)48-30-38-18-28-44(32-46(38)50(48)52(47,7)8)54(41-23-13-35(3)14-24-41)42-25-15-36(4)16-26-42/h9-29,31-32,49H,30H2,1-8H3. The van der Waals surface area contributed by atoms with Crippen LogP contribution in [0.5, 0.6) is 0 Å². The van der Waals surface area contributed by atoms with Crippen molar-refractivity contribution in [2.75, 3.05) is 9.80 Å². The molecule has 9 rings (SSSR count). The van der Waals surface area contributed by atoms with E-state index in [0.29, 0.717) is 5.92 Å². The Bertz CT molecular complexity index is 2380. The van der Waals surface area contributed by atoms with Crippen LogP contribution in [0, 0.1) is 38.5 Å². The fraction of sp³-hybridized carbons (Fsp3) is 0.231. The first-order chi connectivity index (χ1) is 25.9. The van der Waals surface area contributed by atoms with E-state index < -0.39 is 0 Å². The Morgan fingerprint density at radius 1 is 0.481 bits per heavy atom. The molecule has 54 heavy (non-hydrogen) atoms. The number of nitrogens with zero attached hydrogens (tertiary/aromatic N) is 2. The van der Waals surface area contributed by atoms with Crippen LogP contribution in [0.2, 0.25) is 0 Å². The molecule has 0 amide bonds. The minimum atomic E-state index is -0.134. The Kier molecular flexibility index (Phi) is 7.91. The molecule has 0 bridgehead atoms. The lowest BCUT2D eigenvalue weighted by molar-refractivity contribution is 0.328. The topological polar surface area (TPSA) is 6.48 Å². The molecule has 0 aliphatic heterocycles. The molecule has 6 aromatic carbocycles. The number of hydrogen-bond acceptors (Lipinski definition) is 2. The third kappa shape index (κ3) is 5.46. The summed E-state index contributed by atoms with van der Waals surface area (Å²) in [5, 5.41) is 0. The molecule has 0 spiro atoms. The van der Waals surface area contributed by atoms with Crippen LogP contribution in [0.15, 0.2) is 145 Å². The van der Waals surface area contributed by atoms with E-state index in [0.717, 1.165) is 6.42 Å². The Morgan fingerprint density at radius 3 is 1.35 bits per heavy atom. The summed E-state index contributed by atoms with van der Waals surface area (Å²) in [6, 6.07) is 50.1. The van der Waals surface area contributed by atoms with Gasteiger partial charge in [-0.25, -0.2) is 0 Å². The maximum absolute atomic E-state index is 2.53. The molecule has 3 aliphatic rings. The highest BCUT2D eigenvalue weighted by atomic mass is 15.1. The summed E-state index contributed by atoms with van der Waals surface area (Å²) in [5.74, 6) is 0.296. The lowest BCUT2D eigenvalue weighted by Gasteiger charge is -2.48. The Balaban J connectivity index is 1.15. The number of aryl methyl sites for hydroxylation is 4. The largest absolute Gasteiger partial charge is 0.310 e. The van der Waals surface area contributed by atoms with Crippen molar-refractivity contribution in [3.8, 4) is 0 Å². The minimum absolute atomic E-state index is 0.0636. The zero-order valence-electron chi connectivity index (χ0n) is 33.0. The minimum Gasteiger partial charge on any atom is -0.310 e. The smallest absolute Gasteiger partial charge is 0.0467 e. The van der Waals surface area contributed by atoms with E-state index in [1.807, 2.05) is 0 Å². The van der Waals surface area contributed by atoms with E-state index in [4.69, 9.17) is 0 Å². The van der Waals surface area contributed by atoms with Crippen molar-refractivity contribution in [1.29, 1.82) is 0 Å². The number of benzene rings is 6. The molecular weight excluding hydrogens is 653 g/mol. The molecule has 0 N–H and O–H groups in total. The highest BCUT2D eigenvalue weighted by Gasteiger charge is 2.54. The first-order valence-electron chi connectivity index (χ1n) is 19.5. The lowest BCUT2D eigenvalue weighted by Crippen LogP contribution is -2.36. The summed E-state index contributed by atoms with van der Waals surface area (Å²) in [5.41, 5.74) is 22.3. The summed E-state index contributed by atoms with van der Waals surface area (Å²) < 4.78 is 0. The SMILES string of the molecule is Cc1ccc(N(c2ccc(C)cc2)c2ccc3c(c2)C2=C(C3)C(C)(C)C3C(=Cc4ccc(N(c5ccc(C)cc5)c5ccc(C)cc5)cc43)C2(C)C)cc1. The van der Waals surface area contributed by atoms with Crippen LogP contribution in [0.4, 0.5) is 34.1 Å². The van der Waals surface area contributed by atoms with Gasteiger partial charge in [0.15, 0.2) is 0 Å². The molecule has 3 aliphatic carbocycles. The average molecular weight is 703 g/mol. The van der Waals surface area contributed by atoms with Crippen molar-refractivity contribution in [2.24, 2.45) is 10.8 Å². The predicted molar refractivity (Wildman–Crippen MR) is 230 cm³/mol. The Hall–Kier alpha value is -5.60. The van der Waals surface area contributed by atoms with Crippen LogP contribution >= 0.6 is 0 Å². The van der Waals surface area contributed by atoms with Crippen LogP contribution in [0.1, 0.15) is 78.1 Å². The van der Waals surface area contributed by atoms with Gasteiger partial charge in [0.25, 0.3) is 0 Å². The van der Waals surface area contributed by atoms with Gasteiger partial charge in [-0.15, -0.1) is 0 Å². The normalized spacial score (nSPS) is 17.3. The van der Waals surface area contributed by atoms with Crippen LogP contribution in [-0.2, 0) is 6.42 Å². The van der Waals surface area contributed by atoms with Gasteiger partial charge in [-0.3, -0.25) is 0 Å². The molecule has 2 nitrogen and oxygen atoms in total. The van der Waals surface area contributed by atoms with Gasteiger partial charge in [-0.05, 0) is 140 Å². The molecule has 2 heteroatoms. The zero-order chi connectivity index (χ0) is 37.5. The van der Waals surface area contributed by atoms with E-state index in [2.05, 4.69) is 205 Å². The van der Waals surface area contributed by atoms with Crippen molar-refractivity contribution in [2.45, 2.75) is 67.7 Å². The third-order valence-corrected chi connectivity index (χ3v) is 12.6. The second-order valence-electron chi connectivity index (χ2n) is 17.1. The van der Waals surface area contributed by atoms with Crippen LogP contribution in [0.25, 0.3) is 11.6 Å². The van der Waals surface area contributed by atoms with E-state index in [9.17, 15) is 0 Å². The predicted octanol–water partition coefficient (Wildman–Crippen LogP) is 14.4. The number of rotatable bonds is 6. The maximum Gasteiger partial charge on any atom is 0.0467 e. The molecule has 6 aromatic rings. The zero-order valence-corrected chi connectivity index (χ0v) is 33.0. The fourth-order valence-corrected chi connectivity index (χ4v) is 9.60. The van der Waals surface area contributed by atoms with E-state index in [-0.39, 0.29) is 10.8 Å².